The maximum atomic E-state index is 14.8. The molecule has 1 aliphatic carbocycles. The van der Waals surface area contributed by atoms with Gasteiger partial charge < -0.3 is 19.4 Å². The van der Waals surface area contributed by atoms with E-state index in [1.807, 2.05) is 0 Å². The van der Waals surface area contributed by atoms with E-state index in [9.17, 15) is 14.9 Å². The van der Waals surface area contributed by atoms with Gasteiger partial charge in [0, 0.05) is 50.9 Å². The van der Waals surface area contributed by atoms with Gasteiger partial charge in [0.1, 0.15) is 0 Å². The van der Waals surface area contributed by atoms with Gasteiger partial charge in [-0.2, -0.15) is 5.26 Å². The van der Waals surface area contributed by atoms with Gasteiger partial charge in [-0.1, -0.05) is 31.7 Å². The Labute approximate surface area is 256 Å². The average Bonchev–Trinajstić information content (AvgIpc) is 3.44. The Morgan fingerprint density at radius 1 is 1.19 bits per heavy atom. The molecule has 1 spiro atoms. The van der Waals surface area contributed by atoms with Gasteiger partial charge in [0.25, 0.3) is 0 Å². The zero-order valence-corrected chi connectivity index (χ0v) is 25.9. The molecule has 43 heavy (non-hydrogen) atoms. The lowest BCUT2D eigenvalue weighted by Gasteiger charge is -2.57. The average molecular weight is 590 g/mol. The minimum absolute atomic E-state index is 0.0474. The second kappa shape index (κ2) is 12.3. The topological polar surface area (TPSA) is 104 Å². The van der Waals surface area contributed by atoms with Crippen LogP contribution >= 0.6 is 0 Å². The molecule has 10 nitrogen and oxygen atoms in total. The molecule has 1 aromatic carbocycles. The van der Waals surface area contributed by atoms with Crippen molar-refractivity contribution in [2.24, 2.45) is 11.3 Å². The Morgan fingerprint density at radius 2 is 2.00 bits per heavy atom. The summed E-state index contributed by atoms with van der Waals surface area (Å²) in [7, 11) is 4.25. The van der Waals surface area contributed by atoms with E-state index in [1.165, 1.54) is 23.7 Å². The predicted octanol–water partition coefficient (Wildman–Crippen LogP) is 2.10. The van der Waals surface area contributed by atoms with Crippen LogP contribution < -0.4 is 15.5 Å². The first kappa shape index (κ1) is 30.2. The van der Waals surface area contributed by atoms with Crippen molar-refractivity contribution in [3.8, 4) is 6.07 Å². The molecule has 1 saturated carbocycles. The van der Waals surface area contributed by atoms with Crippen molar-refractivity contribution in [3.63, 3.8) is 0 Å². The first-order chi connectivity index (χ1) is 20.8. The van der Waals surface area contributed by atoms with Crippen molar-refractivity contribution >= 4 is 17.4 Å². The normalized spacial score (nSPS) is 36.7. The van der Waals surface area contributed by atoms with Crippen LogP contribution in [0.1, 0.15) is 50.5 Å². The number of hydrogen-bond donors (Lipinski definition) is 2. The molecule has 10 heteroatoms. The van der Waals surface area contributed by atoms with Crippen LogP contribution in [0, 0.1) is 22.7 Å². The number of para-hydroxylation sites is 1. The highest BCUT2D eigenvalue weighted by Crippen LogP contribution is 2.53. The molecule has 5 aliphatic rings. The van der Waals surface area contributed by atoms with E-state index in [0.29, 0.717) is 38.8 Å². The summed E-state index contributed by atoms with van der Waals surface area (Å²) >= 11 is 0. The third kappa shape index (κ3) is 5.40. The van der Waals surface area contributed by atoms with Gasteiger partial charge in [0.15, 0.2) is 12.1 Å². The van der Waals surface area contributed by atoms with E-state index in [0.717, 1.165) is 25.8 Å². The number of benzene rings is 1. The number of nitrogens with zero attached hydrogens (tertiary/aromatic N) is 5. The number of rotatable bonds is 6. The second-order valence-corrected chi connectivity index (χ2v) is 13.4. The third-order valence-corrected chi connectivity index (χ3v) is 11.2. The van der Waals surface area contributed by atoms with E-state index < -0.39 is 11.8 Å². The lowest BCUT2D eigenvalue weighted by molar-refractivity contribution is -0.154. The Bertz CT molecular complexity index is 1270. The van der Waals surface area contributed by atoms with Gasteiger partial charge in [0.2, 0.25) is 5.91 Å². The first-order valence-corrected chi connectivity index (χ1v) is 16.0. The molecule has 6 rings (SSSR count). The largest absolute Gasteiger partial charge is 0.373 e. The number of fused-ring (bicyclic) bond motifs is 2. The van der Waals surface area contributed by atoms with Crippen LogP contribution in [-0.4, -0.2) is 110 Å². The highest BCUT2D eigenvalue weighted by atomic mass is 16.5. The van der Waals surface area contributed by atoms with Gasteiger partial charge in [-0.3, -0.25) is 25.1 Å². The number of hydrogen-bond acceptors (Lipinski definition) is 9. The summed E-state index contributed by atoms with van der Waals surface area (Å²) in [6.45, 7) is 10.0. The maximum absolute atomic E-state index is 14.8. The number of piperazine rings is 1. The third-order valence-electron chi connectivity index (χ3n) is 11.2. The van der Waals surface area contributed by atoms with E-state index in [4.69, 9.17) is 4.74 Å². The van der Waals surface area contributed by atoms with Crippen LogP contribution in [0.4, 0.5) is 5.69 Å². The molecular weight excluding hydrogens is 542 g/mol. The maximum Gasteiger partial charge on any atom is 0.246 e. The Morgan fingerprint density at radius 3 is 2.74 bits per heavy atom. The molecule has 8 atom stereocenters. The number of amides is 1. The number of likely N-dealkylation sites (tertiary alicyclic amines) is 1. The van der Waals surface area contributed by atoms with Crippen LogP contribution in [0.15, 0.2) is 36.9 Å². The Balaban J connectivity index is 1.27. The van der Waals surface area contributed by atoms with E-state index >= 15 is 0 Å². The lowest BCUT2D eigenvalue weighted by atomic mass is 9.57. The molecule has 4 aliphatic heterocycles. The fraction of sp³-hybridized carbons (Fsp3) is 0.667. The number of Topliss-reactive ketones (excluding diaryl/α,β-unsaturated/α-hetero) is 1. The molecular formula is C33H47N7O3. The van der Waals surface area contributed by atoms with Crippen LogP contribution in [-0.2, 0) is 14.3 Å². The lowest BCUT2D eigenvalue weighted by Crippen LogP contribution is -2.75. The smallest absolute Gasteiger partial charge is 0.246 e. The van der Waals surface area contributed by atoms with Gasteiger partial charge in [-0.15, -0.1) is 0 Å². The zero-order chi connectivity index (χ0) is 30.3. The highest BCUT2D eigenvalue weighted by Gasteiger charge is 2.58. The molecule has 4 fully saturated rings. The summed E-state index contributed by atoms with van der Waals surface area (Å²) in [5, 5.41) is 16.9. The van der Waals surface area contributed by atoms with Gasteiger partial charge in [0.05, 0.1) is 42.8 Å². The Hall–Kier alpha value is -2.81. The molecule has 0 aromatic heterocycles. The van der Waals surface area contributed by atoms with Crippen LogP contribution in [0.2, 0.25) is 0 Å². The number of ketones is 1. The van der Waals surface area contributed by atoms with Crippen LogP contribution in [0.3, 0.4) is 0 Å². The number of carbonyl (C=O) groups excluding carboxylic acids is 2. The summed E-state index contributed by atoms with van der Waals surface area (Å²) in [5.41, 5.74) is 1.98. The van der Waals surface area contributed by atoms with E-state index in [2.05, 4.69) is 83.3 Å². The van der Waals surface area contributed by atoms with Crippen LogP contribution in [0.25, 0.3) is 0 Å². The molecule has 3 saturated heterocycles. The van der Waals surface area contributed by atoms with Gasteiger partial charge in [-0.25, -0.2) is 0 Å². The number of nitrogens with one attached hydrogen (secondary N) is 2. The molecule has 232 valence electrons. The number of likely N-dealkylation sites (N-methyl/N-ethyl adjacent to an activating group) is 1. The fourth-order valence-corrected chi connectivity index (χ4v) is 8.67. The number of ether oxygens (including phenoxy) is 1. The molecule has 0 radical (unpaired) electrons. The SMILES string of the molecule is C=CC(=O)N1CCN(C2NC(OCC3CCCN3C)NC3C(=O)[C@]4(CCC32)CN(C)c2ccccc2C4C)CC1CC#N. The van der Waals surface area contributed by atoms with Gasteiger partial charge >= 0.3 is 0 Å². The van der Waals surface area contributed by atoms with E-state index in [1.54, 1.807) is 4.90 Å². The monoisotopic (exact) mass is 589 g/mol. The highest BCUT2D eigenvalue weighted by molar-refractivity contribution is 5.93. The standard InChI is InChI=1S/C33H47N7O3/c1-5-28(41)40-18-17-39(19-23(40)13-15-34)31-26-12-14-33(21-38(4)27-11-7-6-10-25(27)22(33)2)30(42)29(26)35-32(36-31)43-20-24-9-8-16-37(24)3/h5-7,10-11,22-24,26,29,31-32,35-36H,1,8-9,12-14,16-21H2,2-4H3/t22?,23?,24?,26?,29?,31?,32?,33-/m1/s1. The van der Waals surface area contributed by atoms with Crippen molar-refractivity contribution in [1.29, 1.82) is 5.26 Å². The molecule has 2 N–H and O–H groups in total. The fourth-order valence-electron chi connectivity index (χ4n) is 8.67. The summed E-state index contributed by atoms with van der Waals surface area (Å²) < 4.78 is 6.50. The summed E-state index contributed by atoms with van der Waals surface area (Å²) in [4.78, 5) is 36.2. The first-order valence-electron chi connectivity index (χ1n) is 16.0. The molecule has 1 aromatic rings. The van der Waals surface area contributed by atoms with Crippen molar-refractivity contribution in [2.45, 2.75) is 75.6 Å². The van der Waals surface area contributed by atoms with Crippen LogP contribution in [0.5, 0.6) is 0 Å². The molecule has 0 bridgehead atoms. The molecule has 7 unspecified atom stereocenters. The van der Waals surface area contributed by atoms with E-state index in [-0.39, 0.29) is 48.2 Å². The number of carbonyl (C=O) groups is 2. The summed E-state index contributed by atoms with van der Waals surface area (Å²) in [6, 6.07) is 10.6. The zero-order valence-electron chi connectivity index (χ0n) is 25.9. The summed E-state index contributed by atoms with van der Waals surface area (Å²) in [5.74, 6) is 0.308. The predicted molar refractivity (Wildman–Crippen MR) is 165 cm³/mol. The second-order valence-electron chi connectivity index (χ2n) is 13.4. The minimum Gasteiger partial charge on any atom is -0.373 e. The summed E-state index contributed by atoms with van der Waals surface area (Å²) in [6.07, 6.45) is 5.02. The van der Waals surface area contributed by atoms with Gasteiger partial charge in [-0.05, 0) is 62.9 Å². The van der Waals surface area contributed by atoms with Crippen molar-refractivity contribution in [2.75, 3.05) is 58.3 Å². The molecule has 4 heterocycles. The van der Waals surface area contributed by atoms with Crippen molar-refractivity contribution < 1.29 is 14.3 Å². The quantitative estimate of drug-likeness (QED) is 0.483. The van der Waals surface area contributed by atoms with Crippen molar-refractivity contribution in [3.05, 3.63) is 42.5 Å². The molecule has 1 amide bonds. The Kier molecular flexibility index (Phi) is 8.64. The number of anilines is 1. The van der Waals surface area contributed by atoms with Crippen molar-refractivity contribution in [1.82, 2.24) is 25.3 Å². The minimum atomic E-state index is -0.478. The number of nitriles is 1.